The highest BCUT2D eigenvalue weighted by molar-refractivity contribution is 7.98. The predicted molar refractivity (Wildman–Crippen MR) is 89.0 cm³/mol. The maximum Gasteiger partial charge on any atom is 0.103 e. The Morgan fingerprint density at radius 3 is 2.24 bits per heavy atom. The Hall–Kier alpha value is -1.92. The molecule has 3 rings (SSSR count). The number of benzene rings is 2. The van der Waals surface area contributed by atoms with Crippen LogP contribution in [0, 0.1) is 11.3 Å². The standard InChI is InChI=1S/C18H18N2S/c1-21-18-8-4-7-17(16(18)13-19)20-11-9-14-5-2-3-6-15(14)10-12-20/h2-8H,9-12H2,1H3. The van der Waals surface area contributed by atoms with Crippen LogP contribution in [0.4, 0.5) is 5.69 Å². The fourth-order valence-corrected chi connectivity index (χ4v) is 3.54. The van der Waals surface area contributed by atoms with Crippen LogP contribution in [0.15, 0.2) is 47.4 Å². The van der Waals surface area contributed by atoms with E-state index in [0.29, 0.717) is 0 Å². The summed E-state index contributed by atoms with van der Waals surface area (Å²) in [6.07, 6.45) is 4.12. The predicted octanol–water partition coefficient (Wildman–Crippen LogP) is 3.89. The number of anilines is 1. The van der Waals surface area contributed by atoms with Crippen molar-refractivity contribution in [2.75, 3.05) is 24.2 Å². The zero-order valence-corrected chi connectivity index (χ0v) is 13.0. The maximum absolute atomic E-state index is 9.51. The molecule has 0 fully saturated rings. The zero-order chi connectivity index (χ0) is 14.7. The highest BCUT2D eigenvalue weighted by Crippen LogP contribution is 2.30. The first kappa shape index (κ1) is 14.0. The van der Waals surface area contributed by atoms with E-state index in [1.165, 1.54) is 11.1 Å². The third-order valence-corrected chi connectivity index (χ3v) is 4.88. The van der Waals surface area contributed by atoms with Gasteiger partial charge in [0.25, 0.3) is 0 Å². The van der Waals surface area contributed by atoms with Gasteiger partial charge in [-0.2, -0.15) is 5.26 Å². The van der Waals surface area contributed by atoms with Crippen LogP contribution in [-0.4, -0.2) is 19.3 Å². The molecule has 0 saturated carbocycles. The Morgan fingerprint density at radius 1 is 1.00 bits per heavy atom. The number of hydrogen-bond acceptors (Lipinski definition) is 3. The topological polar surface area (TPSA) is 27.0 Å². The summed E-state index contributed by atoms with van der Waals surface area (Å²) in [5.74, 6) is 0. The molecule has 0 spiro atoms. The van der Waals surface area contributed by atoms with Crippen molar-refractivity contribution in [1.29, 1.82) is 5.26 Å². The van der Waals surface area contributed by atoms with Gasteiger partial charge in [0.2, 0.25) is 0 Å². The number of fused-ring (bicyclic) bond motifs is 1. The molecule has 0 bridgehead atoms. The van der Waals surface area contributed by atoms with Crippen LogP contribution in [0.3, 0.4) is 0 Å². The molecule has 2 aromatic rings. The summed E-state index contributed by atoms with van der Waals surface area (Å²) < 4.78 is 0. The Bertz CT molecular complexity index is 661. The van der Waals surface area contributed by atoms with Crippen molar-refractivity contribution < 1.29 is 0 Å². The molecule has 2 nitrogen and oxygen atoms in total. The molecule has 3 heteroatoms. The van der Waals surface area contributed by atoms with Crippen molar-refractivity contribution in [3.8, 4) is 6.07 Å². The van der Waals surface area contributed by atoms with Gasteiger partial charge < -0.3 is 4.90 Å². The molecule has 0 atom stereocenters. The first-order chi connectivity index (χ1) is 10.3. The summed E-state index contributed by atoms with van der Waals surface area (Å²) in [4.78, 5) is 3.43. The molecule has 106 valence electrons. The fraction of sp³-hybridized carbons (Fsp3) is 0.278. The first-order valence-electron chi connectivity index (χ1n) is 7.22. The second-order valence-electron chi connectivity index (χ2n) is 5.22. The van der Waals surface area contributed by atoms with Crippen LogP contribution < -0.4 is 4.90 Å². The van der Waals surface area contributed by atoms with Crippen molar-refractivity contribution in [2.24, 2.45) is 0 Å². The molecule has 0 N–H and O–H groups in total. The number of nitriles is 1. The number of nitrogens with zero attached hydrogens (tertiary/aromatic N) is 2. The summed E-state index contributed by atoms with van der Waals surface area (Å²) in [6, 6.07) is 17.2. The molecule has 21 heavy (non-hydrogen) atoms. The normalized spacial score (nSPS) is 14.2. The third-order valence-electron chi connectivity index (χ3n) is 4.10. The van der Waals surface area contributed by atoms with E-state index < -0.39 is 0 Å². The van der Waals surface area contributed by atoms with Crippen LogP contribution in [0.25, 0.3) is 0 Å². The average molecular weight is 294 g/mol. The van der Waals surface area contributed by atoms with Crippen LogP contribution in [0.2, 0.25) is 0 Å². The summed E-state index contributed by atoms with van der Waals surface area (Å²) in [7, 11) is 0. The maximum atomic E-state index is 9.51. The molecule has 0 aromatic heterocycles. The smallest absolute Gasteiger partial charge is 0.103 e. The highest BCUT2D eigenvalue weighted by Gasteiger charge is 2.17. The number of hydrogen-bond donors (Lipinski definition) is 0. The SMILES string of the molecule is CSc1cccc(N2CCc3ccccc3CC2)c1C#N. The lowest BCUT2D eigenvalue weighted by molar-refractivity contribution is 0.803. The first-order valence-corrected chi connectivity index (χ1v) is 8.45. The molecular formula is C18H18N2S. The van der Waals surface area contributed by atoms with Crippen molar-refractivity contribution in [3.63, 3.8) is 0 Å². The average Bonchev–Trinajstić information content (AvgIpc) is 2.76. The van der Waals surface area contributed by atoms with Gasteiger partial charge >= 0.3 is 0 Å². The van der Waals surface area contributed by atoms with Gasteiger partial charge in [0.1, 0.15) is 6.07 Å². The third kappa shape index (κ3) is 2.77. The van der Waals surface area contributed by atoms with E-state index >= 15 is 0 Å². The Labute approximate surface area is 130 Å². The molecule has 1 aliphatic heterocycles. The number of thioether (sulfide) groups is 1. The Balaban J connectivity index is 1.92. The summed E-state index contributed by atoms with van der Waals surface area (Å²) in [6.45, 7) is 1.95. The van der Waals surface area contributed by atoms with Crippen LogP contribution in [0.1, 0.15) is 16.7 Å². The molecule has 0 amide bonds. The van der Waals surface area contributed by atoms with E-state index in [0.717, 1.165) is 42.1 Å². The largest absolute Gasteiger partial charge is 0.370 e. The lowest BCUT2D eigenvalue weighted by atomic mass is 10.0. The van der Waals surface area contributed by atoms with Gasteiger partial charge in [-0.3, -0.25) is 0 Å². The van der Waals surface area contributed by atoms with Gasteiger partial charge in [0.15, 0.2) is 0 Å². The van der Waals surface area contributed by atoms with Gasteiger partial charge in [0.05, 0.1) is 11.3 Å². The van der Waals surface area contributed by atoms with E-state index in [-0.39, 0.29) is 0 Å². The number of rotatable bonds is 2. The van der Waals surface area contributed by atoms with Gasteiger partial charge in [-0.25, -0.2) is 0 Å². The minimum Gasteiger partial charge on any atom is -0.370 e. The lowest BCUT2D eigenvalue weighted by Crippen LogP contribution is -2.26. The van der Waals surface area contributed by atoms with E-state index in [1.807, 2.05) is 12.3 Å². The molecule has 2 aromatic carbocycles. The van der Waals surface area contributed by atoms with E-state index in [1.54, 1.807) is 11.8 Å². The monoisotopic (exact) mass is 294 g/mol. The minimum absolute atomic E-state index is 0.816. The molecule has 0 saturated heterocycles. The zero-order valence-electron chi connectivity index (χ0n) is 12.2. The summed E-state index contributed by atoms with van der Waals surface area (Å²) in [5.41, 5.74) is 4.78. The molecule has 0 radical (unpaired) electrons. The van der Waals surface area contributed by atoms with Gasteiger partial charge in [-0.15, -0.1) is 11.8 Å². The lowest BCUT2D eigenvalue weighted by Gasteiger charge is -2.24. The van der Waals surface area contributed by atoms with Crippen LogP contribution in [-0.2, 0) is 12.8 Å². The Morgan fingerprint density at radius 2 is 1.67 bits per heavy atom. The highest BCUT2D eigenvalue weighted by atomic mass is 32.2. The molecule has 0 aliphatic carbocycles. The van der Waals surface area contributed by atoms with Crippen molar-refractivity contribution in [3.05, 3.63) is 59.2 Å². The second-order valence-corrected chi connectivity index (χ2v) is 6.07. The summed E-state index contributed by atoms with van der Waals surface area (Å²) in [5, 5.41) is 9.51. The van der Waals surface area contributed by atoms with E-state index in [4.69, 9.17) is 0 Å². The minimum atomic E-state index is 0.816. The molecule has 1 heterocycles. The van der Waals surface area contributed by atoms with Gasteiger partial charge in [-0.1, -0.05) is 30.3 Å². The summed E-state index contributed by atoms with van der Waals surface area (Å²) >= 11 is 1.64. The van der Waals surface area contributed by atoms with Gasteiger partial charge in [-0.05, 0) is 42.4 Å². The molecule has 1 aliphatic rings. The van der Waals surface area contributed by atoms with Crippen molar-refractivity contribution >= 4 is 17.4 Å². The van der Waals surface area contributed by atoms with E-state index in [9.17, 15) is 5.26 Å². The van der Waals surface area contributed by atoms with Crippen LogP contribution >= 0.6 is 11.8 Å². The fourth-order valence-electron chi connectivity index (χ4n) is 2.97. The van der Waals surface area contributed by atoms with E-state index in [2.05, 4.69) is 47.4 Å². The molecule has 0 unspecified atom stereocenters. The quantitative estimate of drug-likeness (QED) is 0.786. The Kier molecular flexibility index (Phi) is 4.17. The second kappa shape index (κ2) is 6.24. The van der Waals surface area contributed by atoms with Crippen LogP contribution in [0.5, 0.6) is 0 Å². The van der Waals surface area contributed by atoms with Crippen molar-refractivity contribution in [1.82, 2.24) is 0 Å². The van der Waals surface area contributed by atoms with Crippen molar-refractivity contribution in [2.45, 2.75) is 17.7 Å². The molecular weight excluding hydrogens is 276 g/mol. The van der Waals surface area contributed by atoms with Gasteiger partial charge in [0, 0.05) is 18.0 Å².